The Morgan fingerprint density at radius 3 is 2.88 bits per heavy atom. The number of carbonyl (C=O) groups is 1. The first-order chi connectivity index (χ1) is 12.1. The van der Waals surface area contributed by atoms with Gasteiger partial charge in [0, 0.05) is 37.6 Å². The maximum absolute atomic E-state index is 12.9. The van der Waals surface area contributed by atoms with Crippen LogP contribution >= 0.6 is 0 Å². The molecule has 5 nitrogen and oxygen atoms in total. The monoisotopic (exact) mass is 339 g/mol. The van der Waals surface area contributed by atoms with Crippen LogP contribution in [-0.2, 0) is 6.61 Å². The Hall–Kier alpha value is -2.40. The summed E-state index contributed by atoms with van der Waals surface area (Å²) in [6.07, 6.45) is 4.57. The molecule has 2 aromatic rings. The lowest BCUT2D eigenvalue weighted by Gasteiger charge is -2.20. The lowest BCUT2D eigenvalue weighted by atomic mass is 10.1. The first-order valence-electron chi connectivity index (χ1n) is 8.68. The van der Waals surface area contributed by atoms with Crippen LogP contribution in [0.25, 0.3) is 0 Å². The standard InChI is InChI=1S/C20H25N3O2/c1-22(2)13-17-9-11-23(14-17)20(24)18-7-3-4-8-19(18)25-15-16-6-5-10-21-12-16/h3-8,10,12,17H,9,11,13-15H2,1-2H3/t17-/m0/s1. The van der Waals surface area contributed by atoms with Crippen molar-refractivity contribution in [2.75, 3.05) is 33.7 Å². The van der Waals surface area contributed by atoms with Crippen LogP contribution in [0.3, 0.4) is 0 Å². The summed E-state index contributed by atoms with van der Waals surface area (Å²) in [4.78, 5) is 21.1. The molecule has 2 heterocycles. The molecule has 1 aliphatic heterocycles. The van der Waals surface area contributed by atoms with E-state index in [4.69, 9.17) is 4.74 Å². The Labute approximate surface area is 149 Å². The SMILES string of the molecule is CN(C)C[C@@H]1CCN(C(=O)c2ccccc2OCc2cccnc2)C1. The minimum atomic E-state index is 0.0584. The molecule has 25 heavy (non-hydrogen) atoms. The highest BCUT2D eigenvalue weighted by Crippen LogP contribution is 2.25. The van der Waals surface area contributed by atoms with Gasteiger partial charge in [-0.2, -0.15) is 0 Å². The third kappa shape index (κ3) is 4.57. The van der Waals surface area contributed by atoms with Crippen molar-refractivity contribution in [3.8, 4) is 5.75 Å². The molecule has 0 N–H and O–H groups in total. The van der Waals surface area contributed by atoms with Crippen LogP contribution in [0, 0.1) is 5.92 Å². The van der Waals surface area contributed by atoms with E-state index in [2.05, 4.69) is 24.0 Å². The van der Waals surface area contributed by atoms with Gasteiger partial charge in [0.15, 0.2) is 0 Å². The third-order valence-electron chi connectivity index (χ3n) is 4.43. The molecule has 1 atom stereocenters. The average Bonchev–Trinajstić information content (AvgIpc) is 3.08. The summed E-state index contributed by atoms with van der Waals surface area (Å²) in [6.45, 7) is 3.05. The number of ether oxygens (including phenoxy) is 1. The topological polar surface area (TPSA) is 45.7 Å². The minimum absolute atomic E-state index is 0.0584. The molecule has 1 fully saturated rings. The summed E-state index contributed by atoms with van der Waals surface area (Å²) in [7, 11) is 4.15. The fraction of sp³-hybridized carbons (Fsp3) is 0.400. The van der Waals surface area contributed by atoms with E-state index in [9.17, 15) is 4.79 Å². The third-order valence-corrected chi connectivity index (χ3v) is 4.43. The molecule has 1 saturated heterocycles. The second-order valence-corrected chi connectivity index (χ2v) is 6.81. The highest BCUT2D eigenvalue weighted by atomic mass is 16.5. The lowest BCUT2D eigenvalue weighted by Crippen LogP contribution is -2.31. The number of para-hydroxylation sites is 1. The Morgan fingerprint density at radius 1 is 1.28 bits per heavy atom. The summed E-state index contributed by atoms with van der Waals surface area (Å²) >= 11 is 0. The number of hydrogen-bond acceptors (Lipinski definition) is 4. The zero-order valence-corrected chi connectivity index (χ0v) is 14.9. The van der Waals surface area contributed by atoms with Gasteiger partial charge in [-0.05, 0) is 44.6 Å². The summed E-state index contributed by atoms with van der Waals surface area (Å²) in [5, 5.41) is 0. The van der Waals surface area contributed by atoms with Crippen molar-refractivity contribution in [3.63, 3.8) is 0 Å². The molecule has 0 radical (unpaired) electrons. The molecule has 0 aliphatic carbocycles. The molecule has 1 aromatic heterocycles. The van der Waals surface area contributed by atoms with Gasteiger partial charge >= 0.3 is 0 Å². The average molecular weight is 339 g/mol. The normalized spacial score (nSPS) is 17.1. The van der Waals surface area contributed by atoms with E-state index in [1.165, 1.54) is 0 Å². The number of nitrogens with zero attached hydrogens (tertiary/aromatic N) is 3. The first kappa shape index (κ1) is 17.4. The Bertz CT molecular complexity index is 703. The summed E-state index contributed by atoms with van der Waals surface area (Å²) in [6, 6.07) is 11.3. The van der Waals surface area contributed by atoms with Gasteiger partial charge in [-0.3, -0.25) is 9.78 Å². The van der Waals surface area contributed by atoms with Crippen molar-refractivity contribution in [2.45, 2.75) is 13.0 Å². The molecule has 5 heteroatoms. The molecule has 0 spiro atoms. The number of aromatic nitrogens is 1. The second-order valence-electron chi connectivity index (χ2n) is 6.81. The Kier molecular flexibility index (Phi) is 5.66. The lowest BCUT2D eigenvalue weighted by molar-refractivity contribution is 0.0780. The summed E-state index contributed by atoms with van der Waals surface area (Å²) in [5.41, 5.74) is 1.62. The van der Waals surface area contributed by atoms with Gasteiger partial charge in [-0.15, -0.1) is 0 Å². The number of likely N-dealkylation sites (tertiary alicyclic amines) is 1. The van der Waals surface area contributed by atoms with Gasteiger partial charge in [0.05, 0.1) is 5.56 Å². The zero-order chi connectivity index (χ0) is 17.6. The first-order valence-corrected chi connectivity index (χ1v) is 8.68. The molecule has 1 aliphatic rings. The van der Waals surface area contributed by atoms with Crippen molar-refractivity contribution < 1.29 is 9.53 Å². The molecule has 132 valence electrons. The van der Waals surface area contributed by atoms with Crippen LogP contribution < -0.4 is 4.74 Å². The van der Waals surface area contributed by atoms with Crippen LogP contribution in [0.1, 0.15) is 22.3 Å². The van der Waals surface area contributed by atoms with Crippen molar-refractivity contribution in [1.82, 2.24) is 14.8 Å². The highest BCUT2D eigenvalue weighted by Gasteiger charge is 2.28. The predicted molar refractivity (Wildman–Crippen MR) is 97.6 cm³/mol. The largest absolute Gasteiger partial charge is 0.488 e. The van der Waals surface area contributed by atoms with Crippen LogP contribution in [0.2, 0.25) is 0 Å². The molecule has 0 unspecified atom stereocenters. The predicted octanol–water partition coefficient (Wildman–Crippen LogP) is 2.68. The quantitative estimate of drug-likeness (QED) is 0.812. The van der Waals surface area contributed by atoms with E-state index < -0.39 is 0 Å². The van der Waals surface area contributed by atoms with Gasteiger partial charge in [0.1, 0.15) is 12.4 Å². The molecule has 3 rings (SSSR count). The Morgan fingerprint density at radius 2 is 2.12 bits per heavy atom. The smallest absolute Gasteiger partial charge is 0.257 e. The van der Waals surface area contributed by atoms with E-state index in [0.717, 1.165) is 31.6 Å². The van der Waals surface area contributed by atoms with Crippen LogP contribution in [0.4, 0.5) is 0 Å². The number of hydrogen-bond donors (Lipinski definition) is 0. The van der Waals surface area contributed by atoms with Gasteiger partial charge in [-0.25, -0.2) is 0 Å². The van der Waals surface area contributed by atoms with E-state index in [0.29, 0.717) is 23.8 Å². The van der Waals surface area contributed by atoms with Gasteiger partial charge in [-0.1, -0.05) is 18.2 Å². The fourth-order valence-electron chi connectivity index (χ4n) is 3.27. The summed E-state index contributed by atoms with van der Waals surface area (Å²) < 4.78 is 5.90. The second kappa shape index (κ2) is 8.12. The van der Waals surface area contributed by atoms with Crippen LogP contribution in [0.5, 0.6) is 5.75 Å². The van der Waals surface area contributed by atoms with Crippen molar-refractivity contribution in [2.24, 2.45) is 5.92 Å². The minimum Gasteiger partial charge on any atom is -0.488 e. The van der Waals surface area contributed by atoms with E-state index >= 15 is 0 Å². The molecule has 0 bridgehead atoms. The summed E-state index contributed by atoms with van der Waals surface area (Å²) in [5.74, 6) is 1.23. The molecule has 1 aromatic carbocycles. The van der Waals surface area contributed by atoms with Gasteiger partial charge in [0.2, 0.25) is 0 Å². The molecular weight excluding hydrogens is 314 g/mol. The number of pyridine rings is 1. The maximum Gasteiger partial charge on any atom is 0.257 e. The number of carbonyl (C=O) groups excluding carboxylic acids is 1. The van der Waals surface area contributed by atoms with Crippen LogP contribution in [0.15, 0.2) is 48.8 Å². The number of rotatable bonds is 6. The van der Waals surface area contributed by atoms with Crippen molar-refractivity contribution >= 4 is 5.91 Å². The van der Waals surface area contributed by atoms with E-state index in [-0.39, 0.29) is 5.91 Å². The highest BCUT2D eigenvalue weighted by molar-refractivity contribution is 5.97. The van der Waals surface area contributed by atoms with Crippen molar-refractivity contribution in [1.29, 1.82) is 0 Å². The van der Waals surface area contributed by atoms with E-state index in [1.54, 1.807) is 12.4 Å². The molecule has 0 saturated carbocycles. The Balaban J connectivity index is 1.67. The zero-order valence-electron chi connectivity index (χ0n) is 14.9. The maximum atomic E-state index is 12.9. The van der Waals surface area contributed by atoms with Gasteiger partial charge in [0.25, 0.3) is 5.91 Å². The molecule has 1 amide bonds. The fourth-order valence-corrected chi connectivity index (χ4v) is 3.27. The van der Waals surface area contributed by atoms with Crippen LogP contribution in [-0.4, -0.2) is 54.4 Å². The number of benzene rings is 1. The van der Waals surface area contributed by atoms with Gasteiger partial charge < -0.3 is 14.5 Å². The van der Waals surface area contributed by atoms with Crippen molar-refractivity contribution in [3.05, 3.63) is 59.9 Å². The number of amides is 1. The molecular formula is C20H25N3O2. The van der Waals surface area contributed by atoms with E-state index in [1.807, 2.05) is 41.3 Å².